The molecule has 118 valence electrons. The summed E-state index contributed by atoms with van der Waals surface area (Å²) in [5, 5.41) is 0. The molecule has 24 heavy (non-hydrogen) atoms. The zero-order valence-electron chi connectivity index (χ0n) is 13.4. The molecule has 3 heteroatoms. The van der Waals surface area contributed by atoms with Crippen molar-refractivity contribution in [2.24, 2.45) is 0 Å². The highest BCUT2D eigenvalue weighted by Crippen LogP contribution is 2.26. The van der Waals surface area contributed by atoms with E-state index >= 15 is 0 Å². The van der Waals surface area contributed by atoms with Crippen LogP contribution in [-0.4, -0.2) is 12.1 Å². The van der Waals surface area contributed by atoms with Gasteiger partial charge in [-0.25, -0.2) is 4.98 Å². The molecule has 0 fully saturated rings. The summed E-state index contributed by atoms with van der Waals surface area (Å²) >= 11 is 0. The standard InChI is InChI=1S/C21H17NO2/c1-3-16-11-19(13-20(12-16)23-2)18-9-10-21(22-14-18)24-15-17-7-5-4-6-8-17/h1,4-14H,15H2,2H3. The molecule has 0 spiro atoms. The van der Waals surface area contributed by atoms with E-state index in [1.165, 1.54) is 0 Å². The minimum absolute atomic E-state index is 0.494. The maximum Gasteiger partial charge on any atom is 0.213 e. The van der Waals surface area contributed by atoms with Crippen molar-refractivity contribution >= 4 is 0 Å². The van der Waals surface area contributed by atoms with Crippen molar-refractivity contribution in [1.29, 1.82) is 0 Å². The molecule has 3 aromatic rings. The van der Waals surface area contributed by atoms with E-state index in [1.807, 2.05) is 60.7 Å². The fourth-order valence-electron chi connectivity index (χ4n) is 2.33. The van der Waals surface area contributed by atoms with Crippen LogP contribution >= 0.6 is 0 Å². The summed E-state index contributed by atoms with van der Waals surface area (Å²) in [6.45, 7) is 0.494. The van der Waals surface area contributed by atoms with Crippen molar-refractivity contribution in [3.63, 3.8) is 0 Å². The number of methoxy groups -OCH3 is 1. The van der Waals surface area contributed by atoms with Crippen molar-refractivity contribution in [3.05, 3.63) is 78.0 Å². The van der Waals surface area contributed by atoms with Crippen LogP contribution in [0.2, 0.25) is 0 Å². The lowest BCUT2D eigenvalue weighted by atomic mass is 10.0. The monoisotopic (exact) mass is 315 g/mol. The topological polar surface area (TPSA) is 31.4 Å². The fraction of sp³-hybridized carbons (Fsp3) is 0.0952. The van der Waals surface area contributed by atoms with Gasteiger partial charge in [0.1, 0.15) is 12.4 Å². The molecule has 0 aliphatic heterocycles. The lowest BCUT2D eigenvalue weighted by Gasteiger charge is -2.08. The van der Waals surface area contributed by atoms with E-state index in [4.69, 9.17) is 15.9 Å². The third-order valence-electron chi connectivity index (χ3n) is 3.61. The van der Waals surface area contributed by atoms with Crippen LogP contribution in [0.15, 0.2) is 66.9 Å². The Kier molecular flexibility index (Phi) is 4.78. The second kappa shape index (κ2) is 7.34. The molecule has 0 amide bonds. The first-order valence-corrected chi connectivity index (χ1v) is 7.57. The van der Waals surface area contributed by atoms with Gasteiger partial charge in [-0.15, -0.1) is 6.42 Å². The van der Waals surface area contributed by atoms with Crippen LogP contribution in [0.25, 0.3) is 11.1 Å². The molecule has 0 aliphatic rings. The number of hydrogen-bond acceptors (Lipinski definition) is 3. The molecule has 2 aromatic carbocycles. The van der Waals surface area contributed by atoms with Gasteiger partial charge in [0, 0.05) is 23.4 Å². The summed E-state index contributed by atoms with van der Waals surface area (Å²) in [5.74, 6) is 3.95. The Morgan fingerprint density at radius 3 is 2.50 bits per heavy atom. The number of aromatic nitrogens is 1. The Morgan fingerprint density at radius 2 is 1.83 bits per heavy atom. The summed E-state index contributed by atoms with van der Waals surface area (Å²) in [5.41, 5.74) is 3.80. The number of pyridine rings is 1. The maximum atomic E-state index is 5.70. The van der Waals surface area contributed by atoms with Crippen molar-refractivity contribution < 1.29 is 9.47 Å². The molecule has 0 aliphatic carbocycles. The predicted molar refractivity (Wildman–Crippen MR) is 94.9 cm³/mol. The number of nitrogens with zero attached hydrogens (tertiary/aromatic N) is 1. The molecule has 1 heterocycles. The van der Waals surface area contributed by atoms with Gasteiger partial charge in [-0.3, -0.25) is 0 Å². The van der Waals surface area contributed by atoms with E-state index in [1.54, 1.807) is 13.3 Å². The molecule has 0 atom stereocenters. The largest absolute Gasteiger partial charge is 0.497 e. The number of terminal acetylenes is 1. The SMILES string of the molecule is C#Cc1cc(OC)cc(-c2ccc(OCc3ccccc3)nc2)c1. The molecule has 0 bridgehead atoms. The second-order valence-corrected chi connectivity index (χ2v) is 5.25. The molecular weight excluding hydrogens is 298 g/mol. The Labute approximate surface area is 141 Å². The van der Waals surface area contributed by atoms with Gasteiger partial charge in [0.2, 0.25) is 5.88 Å². The molecule has 0 radical (unpaired) electrons. The number of hydrogen-bond donors (Lipinski definition) is 0. The number of ether oxygens (including phenoxy) is 2. The first-order valence-electron chi connectivity index (χ1n) is 7.57. The average molecular weight is 315 g/mol. The van der Waals surface area contributed by atoms with Gasteiger partial charge in [-0.1, -0.05) is 36.3 Å². The second-order valence-electron chi connectivity index (χ2n) is 5.25. The maximum absolute atomic E-state index is 5.70. The van der Waals surface area contributed by atoms with Crippen LogP contribution in [0.3, 0.4) is 0 Å². The molecule has 0 unspecified atom stereocenters. The van der Waals surface area contributed by atoms with Crippen LogP contribution in [0.5, 0.6) is 11.6 Å². The molecule has 3 rings (SSSR count). The van der Waals surface area contributed by atoms with Crippen LogP contribution in [-0.2, 0) is 6.61 Å². The number of benzene rings is 2. The van der Waals surface area contributed by atoms with Crippen molar-refractivity contribution in [3.8, 4) is 35.1 Å². The molecule has 0 saturated heterocycles. The van der Waals surface area contributed by atoms with Crippen molar-refractivity contribution in [2.45, 2.75) is 6.61 Å². The predicted octanol–water partition coefficient (Wildman–Crippen LogP) is 4.32. The third kappa shape index (κ3) is 3.74. The summed E-state index contributed by atoms with van der Waals surface area (Å²) in [6.07, 6.45) is 7.27. The zero-order chi connectivity index (χ0) is 16.8. The third-order valence-corrected chi connectivity index (χ3v) is 3.61. The summed E-state index contributed by atoms with van der Waals surface area (Å²) in [7, 11) is 1.62. The lowest BCUT2D eigenvalue weighted by molar-refractivity contribution is 0.294. The highest BCUT2D eigenvalue weighted by atomic mass is 16.5. The van der Waals surface area contributed by atoms with Crippen molar-refractivity contribution in [1.82, 2.24) is 4.98 Å². The molecule has 0 N–H and O–H groups in total. The van der Waals surface area contributed by atoms with Gasteiger partial charge in [0.05, 0.1) is 7.11 Å². The van der Waals surface area contributed by atoms with E-state index in [-0.39, 0.29) is 0 Å². The highest BCUT2D eigenvalue weighted by molar-refractivity contribution is 5.67. The Balaban J connectivity index is 1.76. The minimum atomic E-state index is 0.494. The first kappa shape index (κ1) is 15.6. The molecule has 0 saturated carbocycles. The van der Waals surface area contributed by atoms with E-state index in [0.717, 1.165) is 28.0 Å². The van der Waals surface area contributed by atoms with E-state index < -0.39 is 0 Å². The summed E-state index contributed by atoms with van der Waals surface area (Å²) < 4.78 is 11.0. The summed E-state index contributed by atoms with van der Waals surface area (Å²) in [6, 6.07) is 19.5. The summed E-state index contributed by atoms with van der Waals surface area (Å²) in [4.78, 5) is 4.37. The Hall–Kier alpha value is -3.25. The number of rotatable bonds is 5. The Bertz CT molecular complexity index is 849. The van der Waals surface area contributed by atoms with Gasteiger partial charge in [0.15, 0.2) is 0 Å². The molecule has 1 aromatic heterocycles. The smallest absolute Gasteiger partial charge is 0.213 e. The molecular formula is C21H17NO2. The average Bonchev–Trinajstić information content (AvgIpc) is 2.67. The van der Waals surface area contributed by atoms with Gasteiger partial charge < -0.3 is 9.47 Å². The van der Waals surface area contributed by atoms with Gasteiger partial charge in [-0.05, 0) is 35.4 Å². The van der Waals surface area contributed by atoms with Gasteiger partial charge >= 0.3 is 0 Å². The zero-order valence-corrected chi connectivity index (χ0v) is 13.4. The Morgan fingerprint density at radius 1 is 1.00 bits per heavy atom. The van der Waals surface area contributed by atoms with Gasteiger partial charge in [0.25, 0.3) is 0 Å². The highest BCUT2D eigenvalue weighted by Gasteiger charge is 2.04. The van der Waals surface area contributed by atoms with Crippen LogP contribution in [0.1, 0.15) is 11.1 Å². The van der Waals surface area contributed by atoms with Crippen molar-refractivity contribution in [2.75, 3.05) is 7.11 Å². The van der Waals surface area contributed by atoms with Gasteiger partial charge in [-0.2, -0.15) is 0 Å². The van der Waals surface area contributed by atoms with E-state index in [2.05, 4.69) is 10.9 Å². The minimum Gasteiger partial charge on any atom is -0.497 e. The quantitative estimate of drug-likeness (QED) is 0.657. The lowest BCUT2D eigenvalue weighted by Crippen LogP contribution is -1.96. The van der Waals surface area contributed by atoms with E-state index in [0.29, 0.717) is 12.5 Å². The molecule has 3 nitrogen and oxygen atoms in total. The van der Waals surface area contributed by atoms with Crippen LogP contribution in [0, 0.1) is 12.3 Å². The van der Waals surface area contributed by atoms with Crippen LogP contribution in [0.4, 0.5) is 0 Å². The fourth-order valence-corrected chi connectivity index (χ4v) is 2.33. The van der Waals surface area contributed by atoms with Crippen LogP contribution < -0.4 is 9.47 Å². The van der Waals surface area contributed by atoms with E-state index in [9.17, 15) is 0 Å². The normalized spacial score (nSPS) is 10.0. The first-order chi connectivity index (χ1) is 11.8.